The molecule has 2 unspecified atom stereocenters. The number of esters is 2. The van der Waals surface area contributed by atoms with E-state index < -0.39 is 17.4 Å². The maximum absolute atomic E-state index is 12.8. The van der Waals surface area contributed by atoms with Gasteiger partial charge in [-0.25, -0.2) is 0 Å². The van der Waals surface area contributed by atoms with Gasteiger partial charge < -0.3 is 9.47 Å². The minimum absolute atomic E-state index is 0.334. The first-order valence-electron chi connectivity index (χ1n) is 10.0. The van der Waals surface area contributed by atoms with Gasteiger partial charge in [0.2, 0.25) is 0 Å². The largest absolute Gasteiger partial charge is 0.465 e. The minimum Gasteiger partial charge on any atom is -0.465 e. The molecule has 1 aliphatic rings. The van der Waals surface area contributed by atoms with Gasteiger partial charge in [0.15, 0.2) is 5.41 Å². The van der Waals surface area contributed by atoms with Gasteiger partial charge in [-0.3, -0.25) is 9.59 Å². The fraction of sp³-hybridized carbons (Fsp3) is 0.565. The topological polar surface area (TPSA) is 52.6 Å². The molecule has 0 aliphatic heterocycles. The summed E-state index contributed by atoms with van der Waals surface area (Å²) < 4.78 is 11.1. The molecule has 27 heavy (non-hydrogen) atoms. The Morgan fingerprint density at radius 3 is 2.56 bits per heavy atom. The molecule has 2 rings (SSSR count). The van der Waals surface area contributed by atoms with Crippen molar-refractivity contribution in [2.45, 2.75) is 65.4 Å². The molecular formula is C23H32O4. The van der Waals surface area contributed by atoms with Gasteiger partial charge >= 0.3 is 11.9 Å². The smallest absolute Gasteiger partial charge is 0.323 e. The standard InChI is InChI=1S/C23H32O4/c1-4-5-16-26-21(24)23(2,3)22(25)27-20(19-14-10-7-11-15-19)17-18-12-8-6-9-13-18/h7-8,10-12,14-15,18,20H,4-6,9,13,16-17H2,1-3H3. The number of unbranched alkanes of at least 4 members (excludes halogenated alkanes) is 1. The van der Waals surface area contributed by atoms with Crippen molar-refractivity contribution < 1.29 is 19.1 Å². The summed E-state index contributed by atoms with van der Waals surface area (Å²) in [6, 6.07) is 9.76. The first-order chi connectivity index (χ1) is 12.9. The van der Waals surface area contributed by atoms with Crippen LogP contribution in [0.2, 0.25) is 0 Å². The van der Waals surface area contributed by atoms with Crippen LogP contribution in [0.5, 0.6) is 0 Å². The highest BCUT2D eigenvalue weighted by Crippen LogP contribution is 2.33. The van der Waals surface area contributed by atoms with Crippen molar-refractivity contribution in [3.05, 3.63) is 48.0 Å². The highest BCUT2D eigenvalue weighted by molar-refractivity contribution is 5.99. The zero-order valence-electron chi connectivity index (χ0n) is 16.8. The van der Waals surface area contributed by atoms with Gasteiger partial charge in [-0.2, -0.15) is 0 Å². The first-order valence-corrected chi connectivity index (χ1v) is 10.0. The van der Waals surface area contributed by atoms with Crippen LogP contribution >= 0.6 is 0 Å². The van der Waals surface area contributed by atoms with E-state index in [2.05, 4.69) is 12.2 Å². The molecule has 1 aromatic carbocycles. The van der Waals surface area contributed by atoms with Crippen LogP contribution in [-0.4, -0.2) is 18.5 Å². The van der Waals surface area contributed by atoms with Gasteiger partial charge in [0.25, 0.3) is 0 Å². The van der Waals surface area contributed by atoms with Crippen LogP contribution in [0.4, 0.5) is 0 Å². The molecule has 0 heterocycles. The highest BCUT2D eigenvalue weighted by Gasteiger charge is 2.41. The lowest BCUT2D eigenvalue weighted by atomic mass is 9.88. The Morgan fingerprint density at radius 2 is 1.93 bits per heavy atom. The molecule has 1 aromatic rings. The molecule has 0 amide bonds. The first kappa shape index (κ1) is 21.2. The molecule has 2 atom stereocenters. The molecule has 0 aromatic heterocycles. The summed E-state index contributed by atoms with van der Waals surface area (Å²) in [5, 5.41) is 0. The van der Waals surface area contributed by atoms with Gasteiger partial charge in [-0.15, -0.1) is 0 Å². The number of rotatable bonds is 9. The predicted molar refractivity (Wildman–Crippen MR) is 106 cm³/mol. The quantitative estimate of drug-likeness (QED) is 0.252. The van der Waals surface area contributed by atoms with E-state index in [1.807, 2.05) is 37.3 Å². The predicted octanol–water partition coefficient (Wildman–Crippen LogP) is 5.39. The van der Waals surface area contributed by atoms with Crippen molar-refractivity contribution in [2.75, 3.05) is 6.61 Å². The summed E-state index contributed by atoms with van der Waals surface area (Å²) in [6.45, 7) is 5.51. The van der Waals surface area contributed by atoms with Gasteiger partial charge in [0.05, 0.1) is 6.61 Å². The molecule has 148 valence electrons. The number of carbonyl (C=O) groups is 2. The number of ether oxygens (including phenoxy) is 2. The summed E-state index contributed by atoms with van der Waals surface area (Å²) in [4.78, 5) is 25.2. The Balaban J connectivity index is 2.08. The number of carbonyl (C=O) groups excluding carboxylic acids is 2. The van der Waals surface area contributed by atoms with E-state index in [4.69, 9.17) is 9.47 Å². The van der Waals surface area contributed by atoms with Crippen LogP contribution in [0, 0.1) is 11.3 Å². The Bertz CT molecular complexity index is 633. The molecule has 0 fully saturated rings. The minimum atomic E-state index is -1.32. The third-order valence-electron chi connectivity index (χ3n) is 5.04. The van der Waals surface area contributed by atoms with Crippen LogP contribution in [0.25, 0.3) is 0 Å². The third-order valence-corrected chi connectivity index (χ3v) is 5.04. The third kappa shape index (κ3) is 6.23. The van der Waals surface area contributed by atoms with E-state index in [9.17, 15) is 9.59 Å². The van der Waals surface area contributed by atoms with E-state index in [-0.39, 0.29) is 6.10 Å². The van der Waals surface area contributed by atoms with E-state index in [1.54, 1.807) is 13.8 Å². The molecule has 0 saturated heterocycles. The molecule has 0 radical (unpaired) electrons. The molecular weight excluding hydrogens is 340 g/mol. The molecule has 0 N–H and O–H groups in total. The van der Waals surface area contributed by atoms with Crippen LogP contribution < -0.4 is 0 Å². The van der Waals surface area contributed by atoms with Crippen molar-refractivity contribution in [3.8, 4) is 0 Å². The Hall–Kier alpha value is -2.10. The zero-order valence-corrected chi connectivity index (χ0v) is 16.8. The molecule has 0 spiro atoms. The lowest BCUT2D eigenvalue weighted by Crippen LogP contribution is -2.37. The van der Waals surface area contributed by atoms with Crippen LogP contribution in [0.1, 0.15) is 71.0 Å². The van der Waals surface area contributed by atoms with Crippen molar-refractivity contribution in [1.29, 1.82) is 0 Å². The van der Waals surface area contributed by atoms with Crippen molar-refractivity contribution >= 4 is 11.9 Å². The second-order valence-corrected chi connectivity index (χ2v) is 7.77. The SMILES string of the molecule is CCCCOC(=O)C(C)(C)C(=O)OC(CC1C=CCCC1)c1ccccc1. The number of benzene rings is 1. The van der Waals surface area contributed by atoms with Gasteiger partial charge in [0.1, 0.15) is 6.10 Å². The van der Waals surface area contributed by atoms with Crippen LogP contribution in [-0.2, 0) is 19.1 Å². The number of hydrogen-bond donors (Lipinski definition) is 0. The summed E-state index contributed by atoms with van der Waals surface area (Å²) >= 11 is 0. The van der Waals surface area contributed by atoms with Gasteiger partial charge in [0, 0.05) is 0 Å². The fourth-order valence-electron chi connectivity index (χ4n) is 3.12. The monoisotopic (exact) mass is 372 g/mol. The van der Waals surface area contributed by atoms with E-state index in [0.29, 0.717) is 12.5 Å². The molecule has 4 heteroatoms. The lowest BCUT2D eigenvalue weighted by Gasteiger charge is -2.28. The maximum Gasteiger partial charge on any atom is 0.323 e. The fourth-order valence-corrected chi connectivity index (χ4v) is 3.12. The van der Waals surface area contributed by atoms with Gasteiger partial charge in [-0.1, -0.05) is 55.8 Å². The average molecular weight is 373 g/mol. The molecule has 4 nitrogen and oxygen atoms in total. The van der Waals surface area contributed by atoms with Crippen LogP contribution in [0.15, 0.2) is 42.5 Å². The summed E-state index contributed by atoms with van der Waals surface area (Å²) in [6.07, 6.45) is 9.88. The van der Waals surface area contributed by atoms with Gasteiger partial charge in [-0.05, 0) is 57.4 Å². The normalized spacial score (nSPS) is 18.0. The Kier molecular flexibility index (Phi) is 8.08. The lowest BCUT2D eigenvalue weighted by molar-refractivity contribution is -0.174. The summed E-state index contributed by atoms with van der Waals surface area (Å²) in [5.74, 6) is -0.667. The van der Waals surface area contributed by atoms with E-state index in [1.165, 1.54) is 0 Å². The molecule has 0 bridgehead atoms. The summed E-state index contributed by atoms with van der Waals surface area (Å²) in [7, 11) is 0. The van der Waals surface area contributed by atoms with Crippen LogP contribution in [0.3, 0.4) is 0 Å². The zero-order chi connectivity index (χ0) is 19.7. The van der Waals surface area contributed by atoms with E-state index >= 15 is 0 Å². The Morgan fingerprint density at radius 1 is 1.19 bits per heavy atom. The summed E-state index contributed by atoms with van der Waals surface area (Å²) in [5.41, 5.74) is -0.358. The highest BCUT2D eigenvalue weighted by atomic mass is 16.6. The Labute approximate surface area is 162 Å². The molecule has 0 saturated carbocycles. The van der Waals surface area contributed by atoms with Crippen molar-refractivity contribution in [2.24, 2.45) is 11.3 Å². The van der Waals surface area contributed by atoms with Crippen molar-refractivity contribution in [1.82, 2.24) is 0 Å². The average Bonchev–Trinajstić information content (AvgIpc) is 2.69. The number of allylic oxidation sites excluding steroid dienone is 2. The van der Waals surface area contributed by atoms with Crippen molar-refractivity contribution in [3.63, 3.8) is 0 Å². The second kappa shape index (κ2) is 10.3. The maximum atomic E-state index is 12.8. The number of hydrogen-bond acceptors (Lipinski definition) is 4. The molecule has 1 aliphatic carbocycles. The second-order valence-electron chi connectivity index (χ2n) is 7.77. The van der Waals surface area contributed by atoms with E-state index in [0.717, 1.165) is 44.1 Å².